The van der Waals surface area contributed by atoms with Crippen LogP contribution in [0.25, 0.3) is 11.0 Å². The number of ketones is 1. The number of fused-ring (bicyclic) bond motifs is 1. The molecule has 656 valence electrons. The third kappa shape index (κ3) is 35.0. The van der Waals surface area contributed by atoms with Gasteiger partial charge >= 0.3 is 17.9 Å². The topological polar surface area (TPSA) is 777 Å². The summed E-state index contributed by atoms with van der Waals surface area (Å²) in [6.07, 6.45) is -23.3. The number of hydrogen-bond donors (Lipinski definition) is 31. The summed E-state index contributed by atoms with van der Waals surface area (Å²) in [6.45, 7) is -2.50. The summed E-state index contributed by atoms with van der Waals surface area (Å²) >= 11 is 12.3. The number of anilines is 2. The Hall–Kier alpha value is -10.5. The van der Waals surface area contributed by atoms with E-state index >= 15 is 0 Å². The number of H-pyrrole nitrogens is 1. The molecule has 2 heterocycles. The van der Waals surface area contributed by atoms with E-state index in [-0.39, 0.29) is 34.7 Å². The number of pyridine rings is 1. The second kappa shape index (κ2) is 51.6. The van der Waals surface area contributed by atoms with Crippen molar-refractivity contribution in [3.05, 3.63) is 58.1 Å². The normalized spacial score (nSPS) is 15.6. The fourth-order valence-electron chi connectivity index (χ4n) is 10.6. The summed E-state index contributed by atoms with van der Waals surface area (Å²) in [7, 11) is 1.21. The number of nitrogens with one attached hydrogen (secondary N) is 14. The third-order valence-corrected chi connectivity index (χ3v) is 18.5. The largest absolute Gasteiger partial charge is 0.481 e. The number of benzene rings is 1. The number of thiol groups is 3. The number of nitrogens with zero attached hydrogens (tertiary/aromatic N) is 2. The Morgan fingerprint density at radius 2 is 0.814 bits per heavy atom. The van der Waals surface area contributed by atoms with E-state index in [2.05, 4.69) is 122 Å². The molecule has 29 N–H and O–H groups in total. The number of aromatic nitrogens is 3. The molecule has 0 saturated heterocycles. The molecule has 0 unspecified atom stereocenters. The number of carbonyl (C=O) groups excluding carboxylic acids is 13. The number of aliphatic carboxylic acids is 3. The van der Waals surface area contributed by atoms with Gasteiger partial charge in [0.05, 0.1) is 49.4 Å². The molecule has 0 aliphatic carbocycles. The number of Topliss-reactive ketones (excluding diaryl/α,β-unsaturated/α-hetero) is 1. The molecular formula is C68H101N17O30S3. The Labute approximate surface area is 687 Å². The van der Waals surface area contributed by atoms with Gasteiger partial charge in [-0.3, -0.25) is 76.9 Å². The number of nitrogens with two attached hydrogens (primary N) is 1. The van der Waals surface area contributed by atoms with Gasteiger partial charge in [-0.2, -0.15) is 37.9 Å². The van der Waals surface area contributed by atoms with Crippen LogP contribution in [-0.2, 0) is 78.5 Å². The highest BCUT2D eigenvalue weighted by Gasteiger charge is 2.38. The van der Waals surface area contributed by atoms with Crippen molar-refractivity contribution in [3.8, 4) is 0 Å². The lowest BCUT2D eigenvalue weighted by Crippen LogP contribution is -2.61. The van der Waals surface area contributed by atoms with Crippen LogP contribution in [0.2, 0.25) is 0 Å². The van der Waals surface area contributed by atoms with E-state index in [0.29, 0.717) is 11.4 Å². The fourth-order valence-corrected chi connectivity index (χ4v) is 11.3. The van der Waals surface area contributed by atoms with Gasteiger partial charge < -0.3 is 151 Å². The zero-order valence-electron chi connectivity index (χ0n) is 63.5. The Morgan fingerprint density at radius 3 is 1.19 bits per heavy atom. The van der Waals surface area contributed by atoms with Gasteiger partial charge in [0.15, 0.2) is 5.52 Å². The summed E-state index contributed by atoms with van der Waals surface area (Å²) in [6, 6.07) is -9.31. The first-order valence-corrected chi connectivity index (χ1v) is 38.1. The zero-order chi connectivity index (χ0) is 88.8. The van der Waals surface area contributed by atoms with Gasteiger partial charge in [-0.25, -0.2) is 9.78 Å². The van der Waals surface area contributed by atoms with Crippen molar-refractivity contribution < 1.29 is 143 Å². The Morgan fingerprint density at radius 1 is 0.458 bits per heavy atom. The molecule has 0 aliphatic heterocycles. The molecule has 3 aromatic rings. The molecule has 17 atom stereocenters. The Kier molecular flexibility index (Phi) is 44.5. The Bertz CT molecular complexity index is 4030. The SMILES string of the molecule is CNC(=O)[C@H](CS)NC(=O)[C@H](CCC(=O)NC[C@H](O)[C@@H](O)[C@H](O)[C@H](O)CO)NC(=O)[C@H](CCC(=O)O)NC(=O)[C@H](CS)NC(=O)[C@H](CCC(C)=O)NC(=O)[C@H](CCC(=O)O)NC(=O)[C@H](CS)NC(=O)[C@H](CCC(=O)NC[C@H](O)[C@@H](O)[C@H](O)[C@H](O)CO)NC(=O)CC[C@H](NC(=O)c1ccc(NCc2cnc3cc(N)[nH]c(=O)c3n2)cc1)C(=O)O. The standard InChI is InChI=1S/C68H101N17O30S3/c1-29(88)3-8-34(63(109)84-42(28-118)66(112)80-37(13-18-52(98)99)62(108)78-35(64(110)82-40(26-116)59(105)70-2)10-15-49(94)74-23-44(90)55(101)57(103)46(92)25-87)77-61(107)36(12-17-51(96)97)79-65(111)41(27-117)83-60(106)33(9-14-48(93)73-22-43(89)54(100)56(102)45(91)24-86)76-50(95)16-11-38(68(114)115)81-58(104)30-4-6-31(7-5-30)71-20-32-21-72-39-19-47(69)85-67(113)53(39)75-32/h4-7,19,21,33-38,40-46,54-57,71,86-87,89-92,100-103,116-118H,3,8-18,20,22-28H2,1-2H3,(H,70,105)(H,73,93)(H,74,94)(H,76,95)(H,77,107)(H,78,108)(H,79,111)(H,80,112)(H,81,104)(H,82,110)(H,83,106)(H,84,109)(H,96,97)(H,98,99)(H,114,115)(H3,69,85,113)/t33-,34-,35-,36-,37-,38-,40-,41-,42-,43-,44-,45+,46+,54+,55+,56+,57+/m0/s1. The van der Waals surface area contributed by atoms with Crippen LogP contribution in [0.15, 0.2) is 41.3 Å². The van der Waals surface area contributed by atoms with Crippen LogP contribution in [0.4, 0.5) is 11.5 Å². The highest BCUT2D eigenvalue weighted by molar-refractivity contribution is 7.80. The Balaban J connectivity index is 1.88. The van der Waals surface area contributed by atoms with Crippen molar-refractivity contribution in [2.75, 3.05) is 61.7 Å². The quantitative estimate of drug-likeness (QED) is 0.0233. The minimum Gasteiger partial charge on any atom is -0.481 e. The molecule has 12 amide bonds. The summed E-state index contributed by atoms with van der Waals surface area (Å²) in [4.78, 5) is 236. The molecule has 0 bridgehead atoms. The number of aromatic amines is 1. The van der Waals surface area contributed by atoms with Crippen molar-refractivity contribution in [1.29, 1.82) is 0 Å². The summed E-state index contributed by atoms with van der Waals surface area (Å²) in [5.74, 6) is -20.6. The average Bonchev–Trinajstić information content (AvgIpc) is 0.809. The van der Waals surface area contributed by atoms with Crippen LogP contribution < -0.4 is 80.4 Å². The maximum absolute atomic E-state index is 14.3. The third-order valence-electron chi connectivity index (χ3n) is 17.4. The smallest absolute Gasteiger partial charge is 0.326 e. The number of carboxylic acids is 3. The van der Waals surface area contributed by atoms with Gasteiger partial charge in [0, 0.05) is 93.2 Å². The molecule has 118 heavy (non-hydrogen) atoms. The van der Waals surface area contributed by atoms with Gasteiger partial charge in [-0.05, 0) is 69.7 Å². The minimum atomic E-state index is -2.13. The van der Waals surface area contributed by atoms with Crippen molar-refractivity contribution in [3.63, 3.8) is 0 Å². The van der Waals surface area contributed by atoms with Crippen LogP contribution in [0.3, 0.4) is 0 Å². The van der Waals surface area contributed by atoms with E-state index < -0.39 is 318 Å². The van der Waals surface area contributed by atoms with E-state index in [1.807, 2.05) is 0 Å². The maximum atomic E-state index is 14.3. The van der Waals surface area contributed by atoms with Crippen LogP contribution in [-0.4, -0.2) is 330 Å². The van der Waals surface area contributed by atoms with E-state index in [1.165, 1.54) is 43.6 Å². The van der Waals surface area contributed by atoms with Gasteiger partial charge in [0.25, 0.3) is 11.5 Å². The number of carboxylic acid groups (broad SMARTS) is 3. The molecule has 0 aliphatic rings. The van der Waals surface area contributed by atoms with Crippen LogP contribution in [0.5, 0.6) is 0 Å². The molecule has 50 heteroatoms. The summed E-state index contributed by atoms with van der Waals surface area (Å²) in [5, 5.41) is 158. The molecule has 0 saturated carbocycles. The number of carbonyl (C=O) groups is 16. The van der Waals surface area contributed by atoms with Crippen LogP contribution in [0.1, 0.15) is 100 Å². The first kappa shape index (κ1) is 102. The lowest BCUT2D eigenvalue weighted by atomic mass is 10.0. The summed E-state index contributed by atoms with van der Waals surface area (Å²) < 4.78 is 0. The second-order valence-corrected chi connectivity index (χ2v) is 27.7. The molecule has 0 radical (unpaired) electrons. The van der Waals surface area contributed by atoms with Crippen molar-refractivity contribution in [2.45, 2.75) is 194 Å². The predicted molar refractivity (Wildman–Crippen MR) is 418 cm³/mol. The van der Waals surface area contributed by atoms with Gasteiger partial charge in [0.2, 0.25) is 65.0 Å². The van der Waals surface area contributed by atoms with Crippen molar-refractivity contribution >= 4 is 155 Å². The molecular weight excluding hydrogens is 1630 g/mol. The van der Waals surface area contributed by atoms with Crippen LogP contribution >= 0.6 is 37.9 Å². The highest BCUT2D eigenvalue weighted by atomic mass is 32.1. The lowest BCUT2D eigenvalue weighted by molar-refractivity contribution is -0.140. The van der Waals surface area contributed by atoms with E-state index in [1.54, 1.807) is 0 Å². The van der Waals surface area contributed by atoms with E-state index in [4.69, 9.17) is 15.9 Å². The number of hydrogen-bond acceptors (Lipinski definition) is 34. The van der Waals surface area contributed by atoms with Crippen molar-refractivity contribution in [2.24, 2.45) is 0 Å². The number of aliphatic hydroxyl groups is 10. The van der Waals surface area contributed by atoms with Gasteiger partial charge in [0.1, 0.15) is 103 Å². The zero-order valence-corrected chi connectivity index (χ0v) is 66.2. The first-order valence-electron chi connectivity index (χ1n) is 36.2. The minimum absolute atomic E-state index is 0.0306. The lowest BCUT2D eigenvalue weighted by Gasteiger charge is -2.27. The van der Waals surface area contributed by atoms with Gasteiger partial charge in [-0.15, -0.1) is 0 Å². The summed E-state index contributed by atoms with van der Waals surface area (Å²) in [5.41, 5.74) is 6.14. The van der Waals surface area contributed by atoms with Gasteiger partial charge in [-0.1, -0.05) is 0 Å². The van der Waals surface area contributed by atoms with E-state index in [0.717, 1.165) is 6.92 Å². The number of aliphatic hydroxyl groups excluding tert-OH is 10. The number of likely N-dealkylation sites (N-methyl/N-ethyl adjacent to an activating group) is 1. The van der Waals surface area contributed by atoms with E-state index in [9.17, 15) is 138 Å². The molecule has 1 aromatic carbocycles. The molecule has 47 nitrogen and oxygen atoms in total. The number of amides is 12. The maximum Gasteiger partial charge on any atom is 0.326 e. The monoisotopic (exact) mass is 1730 g/mol. The molecule has 0 fully saturated rings. The number of nitrogen functional groups attached to an aromatic ring is 1. The fraction of sp³-hybridized carbons (Fsp3) is 0.574. The molecule has 0 spiro atoms. The van der Waals surface area contributed by atoms with Crippen LogP contribution in [0, 0.1) is 0 Å². The average molecular weight is 1730 g/mol. The highest BCUT2D eigenvalue weighted by Crippen LogP contribution is 2.16. The number of rotatable bonds is 55. The molecule has 2 aromatic heterocycles. The second-order valence-electron chi connectivity index (χ2n) is 26.6. The van der Waals surface area contributed by atoms with Crippen molar-refractivity contribution in [1.82, 2.24) is 78.8 Å². The first-order chi connectivity index (χ1) is 55.6. The predicted octanol–water partition coefficient (Wildman–Crippen LogP) is -11.3. The molecule has 3 rings (SSSR count).